The van der Waals surface area contributed by atoms with Crippen molar-refractivity contribution in [1.82, 2.24) is 5.16 Å². The standard InChI is InChI=1S/C25H41NO4/c1-6-7-11-29-12-10-21(17(4)25(27)28-5)23-22(19-8-9-19)24(30-26-23)20-14-18(15-20)13-16(2)3/h16-21H,6-15H2,1-5H3. The molecule has 30 heavy (non-hydrogen) atoms. The van der Waals surface area contributed by atoms with Crippen molar-refractivity contribution in [1.29, 1.82) is 0 Å². The van der Waals surface area contributed by atoms with E-state index in [1.54, 1.807) is 0 Å². The molecule has 0 aliphatic heterocycles. The molecule has 0 radical (unpaired) electrons. The van der Waals surface area contributed by atoms with Crippen LogP contribution in [0.2, 0.25) is 0 Å². The van der Waals surface area contributed by atoms with E-state index in [-0.39, 0.29) is 17.8 Å². The molecule has 0 N–H and O–H groups in total. The van der Waals surface area contributed by atoms with Crippen LogP contribution in [0.3, 0.4) is 0 Å². The Labute approximate surface area is 182 Å². The fourth-order valence-corrected chi connectivity index (χ4v) is 5.01. The van der Waals surface area contributed by atoms with Gasteiger partial charge < -0.3 is 14.0 Å². The van der Waals surface area contributed by atoms with E-state index in [9.17, 15) is 4.79 Å². The van der Waals surface area contributed by atoms with Crippen LogP contribution in [0.25, 0.3) is 0 Å². The van der Waals surface area contributed by atoms with Crippen molar-refractivity contribution < 1.29 is 18.8 Å². The number of hydrogen-bond acceptors (Lipinski definition) is 5. The van der Waals surface area contributed by atoms with Gasteiger partial charge in [0.1, 0.15) is 5.76 Å². The van der Waals surface area contributed by atoms with E-state index < -0.39 is 0 Å². The highest BCUT2D eigenvalue weighted by molar-refractivity contribution is 5.73. The minimum atomic E-state index is -0.254. The fraction of sp³-hybridized carbons (Fsp3) is 0.840. The zero-order valence-electron chi connectivity index (χ0n) is 19.6. The monoisotopic (exact) mass is 419 g/mol. The van der Waals surface area contributed by atoms with E-state index in [1.165, 1.54) is 44.8 Å². The van der Waals surface area contributed by atoms with Crippen molar-refractivity contribution >= 4 is 5.97 Å². The maximum atomic E-state index is 12.4. The van der Waals surface area contributed by atoms with Crippen molar-refractivity contribution in [2.24, 2.45) is 17.8 Å². The van der Waals surface area contributed by atoms with E-state index in [2.05, 4.69) is 25.9 Å². The molecule has 2 fully saturated rings. The molecule has 2 atom stereocenters. The number of nitrogens with zero attached hydrogens (tertiary/aromatic N) is 1. The number of aromatic nitrogens is 1. The number of rotatable bonds is 13. The van der Waals surface area contributed by atoms with E-state index in [1.807, 2.05) is 6.92 Å². The second-order valence-electron chi connectivity index (χ2n) is 9.96. The number of ether oxygens (including phenoxy) is 2. The third-order valence-electron chi connectivity index (χ3n) is 6.92. The molecule has 2 unspecified atom stereocenters. The molecule has 0 amide bonds. The molecule has 1 aromatic rings. The van der Waals surface area contributed by atoms with Gasteiger partial charge in [0.2, 0.25) is 0 Å². The summed E-state index contributed by atoms with van der Waals surface area (Å²) in [6.45, 7) is 10.1. The molecule has 0 aromatic carbocycles. The van der Waals surface area contributed by atoms with Gasteiger partial charge in [-0.05, 0) is 62.7 Å². The third kappa shape index (κ3) is 5.66. The lowest BCUT2D eigenvalue weighted by Crippen LogP contribution is -2.25. The molecule has 2 aliphatic rings. The molecule has 0 spiro atoms. The predicted molar refractivity (Wildman–Crippen MR) is 118 cm³/mol. The van der Waals surface area contributed by atoms with Crippen LogP contribution < -0.4 is 0 Å². The topological polar surface area (TPSA) is 61.6 Å². The summed E-state index contributed by atoms with van der Waals surface area (Å²) >= 11 is 0. The first-order chi connectivity index (χ1) is 14.5. The summed E-state index contributed by atoms with van der Waals surface area (Å²) < 4.78 is 16.9. The summed E-state index contributed by atoms with van der Waals surface area (Å²) in [6.07, 6.45) is 9.09. The minimum absolute atomic E-state index is 0.0151. The van der Waals surface area contributed by atoms with Crippen molar-refractivity contribution in [3.05, 3.63) is 17.0 Å². The molecule has 0 saturated heterocycles. The Bertz CT molecular complexity index is 673. The van der Waals surface area contributed by atoms with E-state index in [0.717, 1.165) is 49.2 Å². The highest BCUT2D eigenvalue weighted by Crippen LogP contribution is 2.53. The zero-order chi connectivity index (χ0) is 21.7. The summed E-state index contributed by atoms with van der Waals surface area (Å²) in [7, 11) is 1.47. The fourth-order valence-electron chi connectivity index (χ4n) is 5.01. The first kappa shape index (κ1) is 23.3. The Morgan fingerprint density at radius 3 is 2.50 bits per heavy atom. The highest BCUT2D eigenvalue weighted by atomic mass is 16.5. The second-order valence-corrected chi connectivity index (χ2v) is 9.96. The molecule has 2 aliphatic carbocycles. The summed E-state index contributed by atoms with van der Waals surface area (Å²) in [6, 6.07) is 0. The van der Waals surface area contributed by atoms with Gasteiger partial charge >= 0.3 is 5.97 Å². The molecule has 1 aromatic heterocycles. The van der Waals surface area contributed by atoms with Gasteiger partial charge in [0, 0.05) is 30.6 Å². The van der Waals surface area contributed by atoms with Gasteiger partial charge in [-0.3, -0.25) is 4.79 Å². The maximum absolute atomic E-state index is 12.4. The van der Waals surface area contributed by atoms with Crippen LogP contribution in [0, 0.1) is 17.8 Å². The van der Waals surface area contributed by atoms with E-state index >= 15 is 0 Å². The van der Waals surface area contributed by atoms with Crippen LogP contribution in [-0.2, 0) is 14.3 Å². The predicted octanol–water partition coefficient (Wildman–Crippen LogP) is 6.19. The normalized spacial score (nSPS) is 23.3. The lowest BCUT2D eigenvalue weighted by atomic mass is 9.69. The van der Waals surface area contributed by atoms with Crippen molar-refractivity contribution in [2.45, 2.75) is 96.8 Å². The van der Waals surface area contributed by atoms with Gasteiger partial charge in [0.15, 0.2) is 0 Å². The van der Waals surface area contributed by atoms with Crippen LogP contribution in [0.1, 0.15) is 114 Å². The maximum Gasteiger partial charge on any atom is 0.309 e. The quantitative estimate of drug-likeness (QED) is 0.282. The van der Waals surface area contributed by atoms with Crippen LogP contribution in [0.5, 0.6) is 0 Å². The first-order valence-electron chi connectivity index (χ1n) is 12.1. The van der Waals surface area contributed by atoms with Crippen LogP contribution >= 0.6 is 0 Å². The highest BCUT2D eigenvalue weighted by Gasteiger charge is 2.42. The molecule has 5 nitrogen and oxygen atoms in total. The molecule has 3 rings (SSSR count). The van der Waals surface area contributed by atoms with Crippen LogP contribution in [-0.4, -0.2) is 31.4 Å². The van der Waals surface area contributed by atoms with Gasteiger partial charge in [-0.2, -0.15) is 0 Å². The largest absolute Gasteiger partial charge is 0.469 e. The van der Waals surface area contributed by atoms with Crippen LogP contribution in [0.15, 0.2) is 4.52 Å². The molecule has 0 bridgehead atoms. The number of unbranched alkanes of at least 4 members (excludes halogenated alkanes) is 1. The van der Waals surface area contributed by atoms with E-state index in [0.29, 0.717) is 18.4 Å². The Hall–Kier alpha value is -1.36. The molecule has 1 heterocycles. The number of carbonyl (C=O) groups is 1. The average molecular weight is 420 g/mol. The van der Waals surface area contributed by atoms with Crippen LogP contribution in [0.4, 0.5) is 0 Å². The van der Waals surface area contributed by atoms with Gasteiger partial charge in [-0.25, -0.2) is 0 Å². The van der Waals surface area contributed by atoms with Crippen molar-refractivity contribution in [3.8, 4) is 0 Å². The number of methoxy groups -OCH3 is 1. The smallest absolute Gasteiger partial charge is 0.309 e. The third-order valence-corrected chi connectivity index (χ3v) is 6.92. The van der Waals surface area contributed by atoms with Gasteiger partial charge in [0.05, 0.1) is 18.7 Å². The minimum Gasteiger partial charge on any atom is -0.469 e. The zero-order valence-corrected chi connectivity index (χ0v) is 19.6. The Kier molecular flexibility index (Phi) is 8.38. The molecular weight excluding hydrogens is 378 g/mol. The second kappa shape index (κ2) is 10.8. The lowest BCUT2D eigenvalue weighted by Gasteiger charge is -2.35. The SMILES string of the molecule is CCCCOCCC(c1noc(C2CC(CC(C)C)C2)c1C1CC1)C(C)C(=O)OC. The lowest BCUT2D eigenvalue weighted by molar-refractivity contribution is -0.145. The Morgan fingerprint density at radius 1 is 1.17 bits per heavy atom. The molecule has 5 heteroatoms. The number of carbonyl (C=O) groups excluding carboxylic acids is 1. The van der Waals surface area contributed by atoms with Gasteiger partial charge in [0.25, 0.3) is 0 Å². The summed E-state index contributed by atoms with van der Waals surface area (Å²) in [5.41, 5.74) is 2.31. The summed E-state index contributed by atoms with van der Waals surface area (Å²) in [5.74, 6) is 3.28. The van der Waals surface area contributed by atoms with E-state index in [4.69, 9.17) is 14.0 Å². The number of hydrogen-bond donors (Lipinski definition) is 0. The summed E-state index contributed by atoms with van der Waals surface area (Å²) in [4.78, 5) is 12.4. The van der Waals surface area contributed by atoms with Gasteiger partial charge in [-0.15, -0.1) is 0 Å². The molecule has 170 valence electrons. The first-order valence-corrected chi connectivity index (χ1v) is 12.1. The summed E-state index contributed by atoms with van der Waals surface area (Å²) in [5, 5.41) is 4.58. The average Bonchev–Trinajstić information content (AvgIpc) is 3.45. The van der Waals surface area contributed by atoms with Crippen molar-refractivity contribution in [3.63, 3.8) is 0 Å². The Balaban J connectivity index is 1.75. The molecular formula is C25H41NO4. The molecule has 2 saturated carbocycles. The number of esters is 1. The van der Waals surface area contributed by atoms with Crippen molar-refractivity contribution in [2.75, 3.05) is 20.3 Å². The Morgan fingerprint density at radius 2 is 1.90 bits per heavy atom. The van der Waals surface area contributed by atoms with Gasteiger partial charge in [-0.1, -0.05) is 39.3 Å².